The molecule has 0 spiro atoms. The molecule has 0 aliphatic heterocycles. The summed E-state index contributed by atoms with van der Waals surface area (Å²) in [5, 5.41) is 20.3. The molecule has 1 aromatic heterocycles. The Morgan fingerprint density at radius 1 is 1.65 bits per heavy atom. The van der Waals surface area contributed by atoms with Gasteiger partial charge in [-0.15, -0.1) is 0 Å². The molecule has 0 amide bonds. The molecule has 17 heavy (non-hydrogen) atoms. The third kappa shape index (κ3) is 4.47. The summed E-state index contributed by atoms with van der Waals surface area (Å²) in [6.07, 6.45) is 0.0872. The average molecular weight is 234 g/mol. The summed E-state index contributed by atoms with van der Waals surface area (Å²) in [5.41, 5.74) is 0.996. The number of hydrogen-bond acceptors (Lipinski definition) is 5. The highest BCUT2D eigenvalue weighted by Gasteiger charge is 2.08. The highest BCUT2D eigenvalue weighted by molar-refractivity contribution is 5.67. The van der Waals surface area contributed by atoms with Gasteiger partial charge in [-0.25, -0.2) is 9.97 Å². The lowest BCUT2D eigenvalue weighted by Gasteiger charge is -2.10. The second-order valence-corrected chi connectivity index (χ2v) is 3.91. The lowest BCUT2D eigenvalue weighted by atomic mass is 10.1. The van der Waals surface area contributed by atoms with Crippen molar-refractivity contribution in [3.05, 3.63) is 17.5 Å². The van der Waals surface area contributed by atoms with E-state index in [1.165, 1.54) is 0 Å². The van der Waals surface area contributed by atoms with Crippen LogP contribution in [0.5, 0.6) is 0 Å². The van der Waals surface area contributed by atoms with Crippen LogP contribution in [0.2, 0.25) is 0 Å². The number of aryl methyl sites for hydroxylation is 1. The molecule has 0 aromatic carbocycles. The van der Waals surface area contributed by atoms with E-state index in [0.29, 0.717) is 23.9 Å². The molecule has 0 saturated carbocycles. The molecular weight excluding hydrogens is 220 g/mol. The van der Waals surface area contributed by atoms with Crippen LogP contribution in [0.25, 0.3) is 0 Å². The minimum Gasteiger partial charge on any atom is -0.481 e. The number of nitriles is 1. The zero-order valence-corrected chi connectivity index (χ0v) is 9.77. The van der Waals surface area contributed by atoms with Crippen LogP contribution in [0.15, 0.2) is 6.07 Å². The Balaban J connectivity index is 2.60. The zero-order chi connectivity index (χ0) is 12.8. The number of rotatable bonds is 5. The number of aliphatic carboxylic acids is 1. The topological polar surface area (TPSA) is 98.9 Å². The molecule has 90 valence electrons. The van der Waals surface area contributed by atoms with Crippen LogP contribution in [0, 0.1) is 24.2 Å². The SMILES string of the molecule is Cc1cc(C#N)nc(NCC(C)CC(=O)O)n1. The van der Waals surface area contributed by atoms with E-state index in [4.69, 9.17) is 10.4 Å². The van der Waals surface area contributed by atoms with E-state index in [1.54, 1.807) is 13.0 Å². The van der Waals surface area contributed by atoms with E-state index in [1.807, 2.05) is 13.0 Å². The summed E-state index contributed by atoms with van der Waals surface area (Å²) in [7, 11) is 0. The Hall–Kier alpha value is -2.16. The molecule has 6 nitrogen and oxygen atoms in total. The fourth-order valence-electron chi connectivity index (χ4n) is 1.34. The summed E-state index contributed by atoms with van der Waals surface area (Å²) in [6, 6.07) is 3.53. The molecule has 1 rings (SSSR count). The molecule has 1 aromatic rings. The van der Waals surface area contributed by atoms with Crippen molar-refractivity contribution >= 4 is 11.9 Å². The maximum absolute atomic E-state index is 10.5. The number of nitrogens with one attached hydrogen (secondary N) is 1. The van der Waals surface area contributed by atoms with Gasteiger partial charge in [-0.1, -0.05) is 6.92 Å². The summed E-state index contributed by atoms with van der Waals surface area (Å²) in [5.74, 6) is -0.497. The molecule has 0 saturated heterocycles. The molecule has 6 heteroatoms. The first-order valence-electron chi connectivity index (χ1n) is 5.22. The largest absolute Gasteiger partial charge is 0.481 e. The smallest absolute Gasteiger partial charge is 0.303 e. The van der Waals surface area contributed by atoms with E-state index >= 15 is 0 Å². The van der Waals surface area contributed by atoms with Gasteiger partial charge < -0.3 is 10.4 Å². The Morgan fingerprint density at radius 2 is 2.35 bits per heavy atom. The number of hydrogen-bond donors (Lipinski definition) is 2. The van der Waals surface area contributed by atoms with Crippen LogP contribution in [-0.4, -0.2) is 27.6 Å². The van der Waals surface area contributed by atoms with Gasteiger partial charge in [-0.05, 0) is 18.9 Å². The first kappa shape index (κ1) is 12.9. The molecular formula is C11H14N4O2. The van der Waals surface area contributed by atoms with Gasteiger partial charge >= 0.3 is 5.97 Å². The van der Waals surface area contributed by atoms with Crippen molar-refractivity contribution in [3.63, 3.8) is 0 Å². The summed E-state index contributed by atoms with van der Waals surface area (Å²) in [6.45, 7) is 4.05. The van der Waals surface area contributed by atoms with E-state index in [0.717, 1.165) is 0 Å². The molecule has 1 heterocycles. The van der Waals surface area contributed by atoms with Crippen molar-refractivity contribution < 1.29 is 9.90 Å². The number of nitrogens with zero attached hydrogens (tertiary/aromatic N) is 3. The average Bonchev–Trinajstić information content (AvgIpc) is 2.24. The van der Waals surface area contributed by atoms with Gasteiger partial charge in [-0.3, -0.25) is 4.79 Å². The number of aromatic nitrogens is 2. The van der Waals surface area contributed by atoms with Crippen LogP contribution in [0.3, 0.4) is 0 Å². The fraction of sp³-hybridized carbons (Fsp3) is 0.455. The minimum atomic E-state index is -0.831. The van der Waals surface area contributed by atoms with E-state index in [-0.39, 0.29) is 12.3 Å². The Labute approximate surface area is 99.3 Å². The Morgan fingerprint density at radius 3 is 2.94 bits per heavy atom. The second-order valence-electron chi connectivity index (χ2n) is 3.91. The minimum absolute atomic E-state index is 0.0258. The van der Waals surface area contributed by atoms with Gasteiger partial charge in [0.2, 0.25) is 5.95 Å². The second kappa shape index (κ2) is 5.80. The van der Waals surface area contributed by atoms with E-state index in [2.05, 4.69) is 15.3 Å². The summed E-state index contributed by atoms with van der Waals surface area (Å²) in [4.78, 5) is 18.6. The number of carbonyl (C=O) groups is 1. The first-order valence-corrected chi connectivity index (χ1v) is 5.22. The molecule has 1 atom stereocenters. The molecule has 0 aliphatic carbocycles. The fourth-order valence-corrected chi connectivity index (χ4v) is 1.34. The predicted octanol–water partition coefficient (Wildman–Crippen LogP) is 1.18. The monoisotopic (exact) mass is 234 g/mol. The Bertz CT molecular complexity index is 453. The molecule has 0 bridgehead atoms. The molecule has 2 N–H and O–H groups in total. The van der Waals surface area contributed by atoms with Crippen molar-refractivity contribution in [1.82, 2.24) is 9.97 Å². The van der Waals surface area contributed by atoms with Crippen molar-refractivity contribution in [2.75, 3.05) is 11.9 Å². The highest BCUT2D eigenvalue weighted by atomic mass is 16.4. The van der Waals surface area contributed by atoms with Crippen LogP contribution >= 0.6 is 0 Å². The van der Waals surface area contributed by atoms with Crippen molar-refractivity contribution in [3.8, 4) is 6.07 Å². The van der Waals surface area contributed by atoms with E-state index < -0.39 is 5.97 Å². The summed E-state index contributed by atoms with van der Waals surface area (Å²) < 4.78 is 0. The van der Waals surface area contributed by atoms with E-state index in [9.17, 15) is 4.79 Å². The number of anilines is 1. The molecule has 0 aliphatic rings. The highest BCUT2D eigenvalue weighted by Crippen LogP contribution is 2.06. The van der Waals surface area contributed by atoms with Gasteiger partial charge in [0.25, 0.3) is 0 Å². The standard InChI is InChI=1S/C11H14N4O2/c1-7(3-10(16)17)6-13-11-14-8(2)4-9(5-12)15-11/h4,7H,3,6H2,1-2H3,(H,16,17)(H,13,14,15). The lowest BCUT2D eigenvalue weighted by molar-refractivity contribution is -0.137. The maximum Gasteiger partial charge on any atom is 0.303 e. The Kier molecular flexibility index (Phi) is 4.40. The zero-order valence-electron chi connectivity index (χ0n) is 9.77. The quantitative estimate of drug-likeness (QED) is 0.793. The van der Waals surface area contributed by atoms with Gasteiger partial charge in [0.1, 0.15) is 11.8 Å². The third-order valence-corrected chi connectivity index (χ3v) is 2.10. The van der Waals surface area contributed by atoms with Crippen LogP contribution < -0.4 is 5.32 Å². The van der Waals surface area contributed by atoms with Gasteiger partial charge in [0, 0.05) is 18.7 Å². The molecule has 1 unspecified atom stereocenters. The third-order valence-electron chi connectivity index (χ3n) is 2.10. The maximum atomic E-state index is 10.5. The van der Waals surface area contributed by atoms with Crippen LogP contribution in [0.4, 0.5) is 5.95 Å². The molecule has 0 fully saturated rings. The van der Waals surface area contributed by atoms with Crippen molar-refractivity contribution in [1.29, 1.82) is 5.26 Å². The van der Waals surface area contributed by atoms with Crippen LogP contribution in [0.1, 0.15) is 24.7 Å². The van der Waals surface area contributed by atoms with Gasteiger partial charge in [-0.2, -0.15) is 5.26 Å². The van der Waals surface area contributed by atoms with Gasteiger partial charge in [0.05, 0.1) is 0 Å². The predicted molar refractivity (Wildman–Crippen MR) is 61.4 cm³/mol. The van der Waals surface area contributed by atoms with Crippen molar-refractivity contribution in [2.45, 2.75) is 20.3 Å². The first-order chi connectivity index (χ1) is 8.01. The number of carboxylic acid groups (broad SMARTS) is 1. The summed E-state index contributed by atoms with van der Waals surface area (Å²) >= 11 is 0. The molecule has 0 radical (unpaired) electrons. The van der Waals surface area contributed by atoms with Crippen LogP contribution in [-0.2, 0) is 4.79 Å². The van der Waals surface area contributed by atoms with Crippen molar-refractivity contribution in [2.24, 2.45) is 5.92 Å². The van der Waals surface area contributed by atoms with Gasteiger partial charge in [0.15, 0.2) is 0 Å². The lowest BCUT2D eigenvalue weighted by Crippen LogP contribution is -2.16. The normalized spacial score (nSPS) is 11.6. The number of carboxylic acids is 1.